The van der Waals surface area contributed by atoms with Crippen LogP contribution in [0, 0.1) is 11.3 Å². The van der Waals surface area contributed by atoms with Gasteiger partial charge in [-0.1, -0.05) is 48.5 Å². The first kappa shape index (κ1) is 13.4. The van der Waals surface area contributed by atoms with Crippen LogP contribution in [0.25, 0.3) is 10.8 Å². The van der Waals surface area contributed by atoms with Crippen LogP contribution < -0.4 is 0 Å². The van der Waals surface area contributed by atoms with Crippen molar-refractivity contribution in [1.82, 2.24) is 0 Å². The molecule has 0 heterocycles. The van der Waals surface area contributed by atoms with Gasteiger partial charge in [0, 0.05) is 0 Å². The highest BCUT2D eigenvalue weighted by atomic mass is 16.3. The number of aliphatic hydroxyl groups is 1. The summed E-state index contributed by atoms with van der Waals surface area (Å²) >= 11 is 0. The zero-order chi connectivity index (χ0) is 14.9. The second-order valence-corrected chi connectivity index (χ2v) is 5.32. The third-order valence-corrected chi connectivity index (χ3v) is 3.89. The monoisotopic (exact) mass is 273 g/mol. The van der Waals surface area contributed by atoms with E-state index >= 15 is 0 Å². The van der Waals surface area contributed by atoms with Crippen molar-refractivity contribution in [2.75, 3.05) is 0 Å². The molecule has 0 fully saturated rings. The molecule has 1 N–H and O–H groups in total. The Balaban J connectivity index is 2.07. The van der Waals surface area contributed by atoms with E-state index < -0.39 is 5.60 Å². The smallest absolute Gasteiger partial charge is 0.112 e. The predicted molar refractivity (Wildman–Crippen MR) is 83.8 cm³/mol. The Labute approximate surface area is 123 Å². The summed E-state index contributed by atoms with van der Waals surface area (Å²) in [4.78, 5) is 0. The molecule has 1 atom stereocenters. The quantitative estimate of drug-likeness (QED) is 0.768. The van der Waals surface area contributed by atoms with Gasteiger partial charge in [-0.2, -0.15) is 5.26 Å². The van der Waals surface area contributed by atoms with Gasteiger partial charge in [0.25, 0.3) is 0 Å². The molecule has 3 rings (SSSR count). The second-order valence-electron chi connectivity index (χ2n) is 5.32. The van der Waals surface area contributed by atoms with Crippen molar-refractivity contribution < 1.29 is 5.11 Å². The molecule has 0 amide bonds. The lowest BCUT2D eigenvalue weighted by molar-refractivity contribution is 0.102. The van der Waals surface area contributed by atoms with Crippen LogP contribution in [0.2, 0.25) is 0 Å². The highest BCUT2D eigenvalue weighted by Gasteiger charge is 2.25. The lowest BCUT2D eigenvalue weighted by atomic mass is 9.87. The third kappa shape index (κ3) is 2.40. The Morgan fingerprint density at radius 1 is 0.857 bits per heavy atom. The summed E-state index contributed by atoms with van der Waals surface area (Å²) in [6, 6.07) is 23.2. The topological polar surface area (TPSA) is 44.0 Å². The van der Waals surface area contributed by atoms with Crippen molar-refractivity contribution in [2.24, 2.45) is 0 Å². The Bertz CT molecular complexity index is 826. The van der Waals surface area contributed by atoms with E-state index in [4.69, 9.17) is 5.26 Å². The molecule has 21 heavy (non-hydrogen) atoms. The van der Waals surface area contributed by atoms with Gasteiger partial charge in [0.15, 0.2) is 0 Å². The first-order valence-electron chi connectivity index (χ1n) is 6.83. The van der Waals surface area contributed by atoms with Gasteiger partial charge < -0.3 is 5.11 Å². The minimum Gasteiger partial charge on any atom is -0.381 e. The largest absolute Gasteiger partial charge is 0.381 e. The summed E-state index contributed by atoms with van der Waals surface area (Å²) in [5, 5.41) is 22.0. The SMILES string of the molecule is CC(O)(c1ccc(C#N)cc1)c1ccc2ccccc2c1. The number of hydrogen-bond donors (Lipinski definition) is 1. The molecule has 0 saturated heterocycles. The number of nitriles is 1. The molecule has 2 nitrogen and oxygen atoms in total. The van der Waals surface area contributed by atoms with Crippen molar-refractivity contribution in [3.05, 3.63) is 83.4 Å². The van der Waals surface area contributed by atoms with Crippen molar-refractivity contribution in [2.45, 2.75) is 12.5 Å². The van der Waals surface area contributed by atoms with Crippen LogP contribution in [0.15, 0.2) is 66.7 Å². The van der Waals surface area contributed by atoms with Crippen molar-refractivity contribution in [1.29, 1.82) is 5.26 Å². The van der Waals surface area contributed by atoms with Crippen LogP contribution in [0.1, 0.15) is 23.6 Å². The minimum atomic E-state index is -1.09. The van der Waals surface area contributed by atoms with Crippen LogP contribution in [0.5, 0.6) is 0 Å². The van der Waals surface area contributed by atoms with E-state index in [0.717, 1.165) is 21.9 Å². The molecule has 0 spiro atoms. The maximum absolute atomic E-state index is 10.9. The average Bonchev–Trinajstić information content (AvgIpc) is 2.54. The minimum absolute atomic E-state index is 0.591. The van der Waals surface area contributed by atoms with E-state index in [0.29, 0.717) is 5.56 Å². The molecule has 0 aliphatic carbocycles. The maximum Gasteiger partial charge on any atom is 0.112 e. The highest BCUT2D eigenvalue weighted by molar-refractivity contribution is 5.83. The van der Waals surface area contributed by atoms with E-state index in [1.807, 2.05) is 36.4 Å². The first-order chi connectivity index (χ1) is 10.1. The molecule has 2 heteroatoms. The molecule has 0 radical (unpaired) electrons. The van der Waals surface area contributed by atoms with E-state index in [1.54, 1.807) is 31.2 Å². The molecule has 102 valence electrons. The predicted octanol–water partition coefficient (Wildman–Crippen LogP) is 3.97. The summed E-state index contributed by atoms with van der Waals surface area (Å²) in [6.07, 6.45) is 0. The van der Waals surface area contributed by atoms with Gasteiger partial charge in [-0.15, -0.1) is 0 Å². The van der Waals surface area contributed by atoms with Gasteiger partial charge in [-0.05, 0) is 47.0 Å². The Hall–Kier alpha value is -2.63. The summed E-state index contributed by atoms with van der Waals surface area (Å²) in [7, 11) is 0. The molecule has 3 aromatic carbocycles. The maximum atomic E-state index is 10.9. The molecule has 0 aromatic heterocycles. The Kier molecular flexibility index (Phi) is 3.21. The summed E-state index contributed by atoms with van der Waals surface area (Å²) in [6.45, 7) is 1.78. The standard InChI is InChI=1S/C19H15NO/c1-19(21,17-9-6-14(13-20)7-10-17)18-11-8-15-4-2-3-5-16(15)12-18/h2-12,21H,1H3. The van der Waals surface area contributed by atoms with Gasteiger partial charge in [-0.3, -0.25) is 0 Å². The average molecular weight is 273 g/mol. The van der Waals surface area contributed by atoms with Crippen LogP contribution >= 0.6 is 0 Å². The molecular weight excluding hydrogens is 258 g/mol. The lowest BCUT2D eigenvalue weighted by Crippen LogP contribution is -2.22. The second kappa shape index (κ2) is 5.05. The van der Waals surface area contributed by atoms with Crippen LogP contribution in [-0.2, 0) is 5.60 Å². The van der Waals surface area contributed by atoms with Crippen molar-refractivity contribution in [3.8, 4) is 6.07 Å². The lowest BCUT2D eigenvalue weighted by Gasteiger charge is -2.25. The molecule has 1 unspecified atom stereocenters. The Morgan fingerprint density at radius 3 is 2.14 bits per heavy atom. The number of benzene rings is 3. The molecule has 3 aromatic rings. The molecule has 0 bridgehead atoms. The fourth-order valence-corrected chi connectivity index (χ4v) is 2.53. The fraction of sp³-hybridized carbons (Fsp3) is 0.105. The Morgan fingerprint density at radius 2 is 1.48 bits per heavy atom. The van der Waals surface area contributed by atoms with E-state index in [2.05, 4.69) is 12.1 Å². The van der Waals surface area contributed by atoms with E-state index in [9.17, 15) is 5.11 Å². The van der Waals surface area contributed by atoms with Gasteiger partial charge >= 0.3 is 0 Å². The van der Waals surface area contributed by atoms with Crippen molar-refractivity contribution in [3.63, 3.8) is 0 Å². The van der Waals surface area contributed by atoms with Gasteiger partial charge in [0.2, 0.25) is 0 Å². The van der Waals surface area contributed by atoms with Gasteiger partial charge in [0.05, 0.1) is 11.6 Å². The van der Waals surface area contributed by atoms with Gasteiger partial charge in [-0.25, -0.2) is 0 Å². The normalized spacial score (nSPS) is 13.6. The zero-order valence-corrected chi connectivity index (χ0v) is 11.7. The van der Waals surface area contributed by atoms with Crippen molar-refractivity contribution >= 4 is 10.8 Å². The molecular formula is C19H15NO. The van der Waals surface area contributed by atoms with Crippen LogP contribution in [0.3, 0.4) is 0 Å². The number of rotatable bonds is 2. The van der Waals surface area contributed by atoms with E-state index in [-0.39, 0.29) is 0 Å². The van der Waals surface area contributed by atoms with Crippen LogP contribution in [0.4, 0.5) is 0 Å². The fourth-order valence-electron chi connectivity index (χ4n) is 2.53. The highest BCUT2D eigenvalue weighted by Crippen LogP contribution is 2.31. The van der Waals surface area contributed by atoms with E-state index in [1.165, 1.54) is 0 Å². The number of fused-ring (bicyclic) bond motifs is 1. The third-order valence-electron chi connectivity index (χ3n) is 3.89. The summed E-state index contributed by atoms with van der Waals surface area (Å²) in [5.74, 6) is 0. The van der Waals surface area contributed by atoms with Crippen LogP contribution in [-0.4, -0.2) is 5.11 Å². The number of hydrogen-bond acceptors (Lipinski definition) is 2. The molecule has 0 aliphatic heterocycles. The zero-order valence-electron chi connectivity index (χ0n) is 11.7. The number of nitrogens with zero attached hydrogens (tertiary/aromatic N) is 1. The summed E-state index contributed by atoms with van der Waals surface area (Å²) in [5.41, 5.74) is 1.12. The molecule has 0 saturated carbocycles. The molecule has 0 aliphatic rings. The van der Waals surface area contributed by atoms with Gasteiger partial charge in [0.1, 0.15) is 5.60 Å². The first-order valence-corrected chi connectivity index (χ1v) is 6.83. The summed E-state index contributed by atoms with van der Waals surface area (Å²) < 4.78 is 0.